The second-order valence-electron chi connectivity index (χ2n) is 5.69. The van der Waals surface area contributed by atoms with Crippen LogP contribution in [-0.4, -0.2) is 42.0 Å². The molecule has 0 saturated carbocycles. The predicted molar refractivity (Wildman–Crippen MR) is 99.0 cm³/mol. The average molecular weight is 356 g/mol. The maximum Gasteiger partial charge on any atom is 0.256 e. The van der Waals surface area contributed by atoms with Crippen molar-refractivity contribution < 1.29 is 4.79 Å². The molecule has 0 atom stereocenters. The van der Waals surface area contributed by atoms with Crippen molar-refractivity contribution in [3.63, 3.8) is 0 Å². The van der Waals surface area contributed by atoms with Crippen molar-refractivity contribution in [2.45, 2.75) is 25.8 Å². The molecule has 23 heavy (non-hydrogen) atoms. The molecular formula is C17H23Cl2N3O. The molecule has 0 unspecified atom stereocenters. The number of aromatic nitrogens is 1. The number of para-hydroxylation sites is 1. The molecule has 1 aromatic heterocycles. The number of amides is 1. The van der Waals surface area contributed by atoms with Crippen LogP contribution in [0.5, 0.6) is 0 Å². The highest BCUT2D eigenvalue weighted by atomic mass is 35.5. The van der Waals surface area contributed by atoms with Crippen LogP contribution < -0.4 is 5.32 Å². The van der Waals surface area contributed by atoms with E-state index >= 15 is 0 Å². The molecular weight excluding hydrogens is 333 g/mol. The second kappa shape index (κ2) is 8.48. The summed E-state index contributed by atoms with van der Waals surface area (Å²) in [5.41, 5.74) is 2.48. The number of nitrogens with zero attached hydrogens (tertiary/aromatic N) is 2. The van der Waals surface area contributed by atoms with Crippen LogP contribution in [0.4, 0.5) is 0 Å². The number of hydrogen-bond donors (Lipinski definition) is 1. The first-order valence-electron chi connectivity index (χ1n) is 7.52. The lowest BCUT2D eigenvalue weighted by molar-refractivity contribution is 0.0709. The summed E-state index contributed by atoms with van der Waals surface area (Å²) < 4.78 is 0. The molecule has 1 aliphatic heterocycles. The summed E-state index contributed by atoms with van der Waals surface area (Å²) in [5, 5.41) is 4.31. The van der Waals surface area contributed by atoms with E-state index in [0.717, 1.165) is 48.1 Å². The molecule has 0 spiro atoms. The molecule has 126 valence electrons. The summed E-state index contributed by atoms with van der Waals surface area (Å²) in [6.45, 7) is 3.58. The zero-order valence-corrected chi connectivity index (χ0v) is 15.0. The maximum atomic E-state index is 12.8. The van der Waals surface area contributed by atoms with Gasteiger partial charge in [0.15, 0.2) is 0 Å². The minimum Gasteiger partial charge on any atom is -0.338 e. The highest BCUT2D eigenvalue weighted by Gasteiger charge is 2.24. The van der Waals surface area contributed by atoms with Crippen molar-refractivity contribution in [2.24, 2.45) is 0 Å². The molecule has 3 rings (SSSR count). The number of piperidine rings is 1. The third kappa shape index (κ3) is 4.14. The van der Waals surface area contributed by atoms with E-state index in [2.05, 4.69) is 10.3 Å². The molecule has 6 heteroatoms. The Hall–Kier alpha value is -1.36. The Morgan fingerprint density at radius 3 is 2.52 bits per heavy atom. The van der Waals surface area contributed by atoms with E-state index in [1.54, 1.807) is 0 Å². The normalized spacial score (nSPS) is 15.0. The van der Waals surface area contributed by atoms with Gasteiger partial charge in [0.1, 0.15) is 0 Å². The standard InChI is InChI=1S/C17H21N3O.2ClH/c1-12-6-7-13-4-3-5-15(16(13)19-12)17(21)20-10-8-14(18-2)9-11-20;;/h3-7,14,18H,8-11H2,1-2H3;2*1H. The molecule has 2 aromatic rings. The van der Waals surface area contributed by atoms with Gasteiger partial charge in [0, 0.05) is 30.2 Å². The molecule has 1 aromatic carbocycles. The Bertz CT molecular complexity index is 670. The molecule has 0 bridgehead atoms. The molecule has 1 fully saturated rings. The third-order valence-electron chi connectivity index (χ3n) is 4.28. The predicted octanol–water partition coefficient (Wildman–Crippen LogP) is 3.21. The zero-order valence-electron chi connectivity index (χ0n) is 13.4. The zero-order chi connectivity index (χ0) is 14.8. The van der Waals surface area contributed by atoms with E-state index in [1.807, 2.05) is 49.2 Å². The summed E-state index contributed by atoms with van der Waals surface area (Å²) >= 11 is 0. The lowest BCUT2D eigenvalue weighted by Crippen LogP contribution is -2.44. The number of nitrogens with one attached hydrogen (secondary N) is 1. The van der Waals surface area contributed by atoms with Crippen molar-refractivity contribution in [2.75, 3.05) is 20.1 Å². The van der Waals surface area contributed by atoms with Crippen LogP contribution in [-0.2, 0) is 0 Å². The molecule has 1 saturated heterocycles. The minimum atomic E-state index is 0. The number of benzene rings is 1. The molecule has 1 N–H and O–H groups in total. The van der Waals surface area contributed by atoms with Crippen LogP contribution in [0.2, 0.25) is 0 Å². The summed E-state index contributed by atoms with van der Waals surface area (Å²) in [6, 6.07) is 10.4. The molecule has 4 nitrogen and oxygen atoms in total. The smallest absolute Gasteiger partial charge is 0.256 e. The quantitative estimate of drug-likeness (QED) is 0.899. The van der Waals surface area contributed by atoms with E-state index in [4.69, 9.17) is 0 Å². The number of likely N-dealkylation sites (tertiary alicyclic amines) is 1. The van der Waals surface area contributed by atoms with Gasteiger partial charge in [-0.3, -0.25) is 9.78 Å². The SMILES string of the molecule is CNC1CCN(C(=O)c2cccc3ccc(C)nc23)CC1.Cl.Cl. The molecule has 1 amide bonds. The van der Waals surface area contributed by atoms with Crippen LogP contribution in [0.1, 0.15) is 28.9 Å². The van der Waals surface area contributed by atoms with E-state index in [1.165, 1.54) is 0 Å². The van der Waals surface area contributed by atoms with Gasteiger partial charge in [0.05, 0.1) is 11.1 Å². The number of carbonyl (C=O) groups is 1. The van der Waals surface area contributed by atoms with Gasteiger partial charge in [-0.25, -0.2) is 0 Å². The summed E-state index contributed by atoms with van der Waals surface area (Å²) in [6.07, 6.45) is 2.03. The summed E-state index contributed by atoms with van der Waals surface area (Å²) in [4.78, 5) is 19.3. The van der Waals surface area contributed by atoms with E-state index in [9.17, 15) is 4.79 Å². The Morgan fingerprint density at radius 2 is 1.87 bits per heavy atom. The van der Waals surface area contributed by atoms with Gasteiger partial charge in [-0.2, -0.15) is 0 Å². The third-order valence-corrected chi connectivity index (χ3v) is 4.28. The fourth-order valence-electron chi connectivity index (χ4n) is 2.96. The lowest BCUT2D eigenvalue weighted by atomic mass is 10.0. The average Bonchev–Trinajstić information content (AvgIpc) is 2.53. The van der Waals surface area contributed by atoms with E-state index < -0.39 is 0 Å². The van der Waals surface area contributed by atoms with Gasteiger partial charge in [-0.1, -0.05) is 18.2 Å². The van der Waals surface area contributed by atoms with Gasteiger partial charge in [-0.15, -0.1) is 24.8 Å². The number of rotatable bonds is 2. The first-order valence-corrected chi connectivity index (χ1v) is 7.52. The summed E-state index contributed by atoms with van der Waals surface area (Å²) in [5.74, 6) is 0.105. The van der Waals surface area contributed by atoms with Crippen molar-refractivity contribution in [1.29, 1.82) is 0 Å². The van der Waals surface area contributed by atoms with Crippen LogP contribution in [0.3, 0.4) is 0 Å². The molecule has 1 aliphatic rings. The molecule has 0 radical (unpaired) electrons. The summed E-state index contributed by atoms with van der Waals surface area (Å²) in [7, 11) is 1.99. The maximum absolute atomic E-state index is 12.8. The van der Waals surface area contributed by atoms with Gasteiger partial charge in [-0.05, 0) is 38.9 Å². The van der Waals surface area contributed by atoms with Crippen molar-refractivity contribution in [3.8, 4) is 0 Å². The first kappa shape index (κ1) is 19.7. The Kier molecular flexibility index (Phi) is 7.26. The fourth-order valence-corrected chi connectivity index (χ4v) is 2.96. The topological polar surface area (TPSA) is 45.2 Å². The van der Waals surface area contributed by atoms with Gasteiger partial charge < -0.3 is 10.2 Å². The van der Waals surface area contributed by atoms with Crippen molar-refractivity contribution >= 4 is 41.6 Å². The van der Waals surface area contributed by atoms with Crippen molar-refractivity contribution in [3.05, 3.63) is 41.6 Å². The first-order chi connectivity index (χ1) is 10.2. The number of pyridine rings is 1. The molecule has 2 heterocycles. The second-order valence-corrected chi connectivity index (χ2v) is 5.69. The van der Waals surface area contributed by atoms with Gasteiger partial charge in [0.2, 0.25) is 0 Å². The Morgan fingerprint density at radius 1 is 1.17 bits per heavy atom. The monoisotopic (exact) mass is 355 g/mol. The number of hydrogen-bond acceptors (Lipinski definition) is 3. The lowest BCUT2D eigenvalue weighted by Gasteiger charge is -2.32. The Balaban J connectivity index is 0.00000132. The van der Waals surface area contributed by atoms with E-state index in [-0.39, 0.29) is 30.7 Å². The molecule has 0 aliphatic carbocycles. The minimum absolute atomic E-state index is 0. The van der Waals surface area contributed by atoms with Gasteiger partial charge in [0.25, 0.3) is 5.91 Å². The highest BCUT2D eigenvalue weighted by Crippen LogP contribution is 2.21. The van der Waals surface area contributed by atoms with Crippen LogP contribution in [0, 0.1) is 6.92 Å². The number of aryl methyl sites for hydroxylation is 1. The van der Waals surface area contributed by atoms with Crippen LogP contribution in [0.15, 0.2) is 30.3 Å². The fraction of sp³-hybridized carbons (Fsp3) is 0.412. The van der Waals surface area contributed by atoms with Crippen LogP contribution >= 0.6 is 24.8 Å². The van der Waals surface area contributed by atoms with E-state index in [0.29, 0.717) is 6.04 Å². The number of fused-ring (bicyclic) bond motifs is 1. The van der Waals surface area contributed by atoms with Crippen LogP contribution in [0.25, 0.3) is 10.9 Å². The Labute approximate surface area is 149 Å². The number of carbonyl (C=O) groups excluding carboxylic acids is 1. The van der Waals surface area contributed by atoms with Gasteiger partial charge >= 0.3 is 0 Å². The number of halogens is 2. The van der Waals surface area contributed by atoms with Crippen molar-refractivity contribution in [1.82, 2.24) is 15.2 Å². The highest BCUT2D eigenvalue weighted by molar-refractivity contribution is 6.05. The largest absolute Gasteiger partial charge is 0.338 e.